The van der Waals surface area contributed by atoms with Gasteiger partial charge < -0.3 is 9.84 Å². The zero-order valence-corrected chi connectivity index (χ0v) is 12.4. The minimum absolute atomic E-state index is 0.0728. The van der Waals surface area contributed by atoms with E-state index in [-0.39, 0.29) is 11.4 Å². The average molecular weight is 310 g/mol. The van der Waals surface area contributed by atoms with Crippen molar-refractivity contribution in [3.63, 3.8) is 0 Å². The van der Waals surface area contributed by atoms with Gasteiger partial charge in [-0.2, -0.15) is 0 Å². The first kappa shape index (κ1) is 15.4. The minimum Gasteiger partial charge on any atom is -0.361 e. The van der Waals surface area contributed by atoms with Crippen molar-refractivity contribution >= 4 is 22.4 Å². The van der Waals surface area contributed by atoms with Crippen LogP contribution in [0.25, 0.3) is 0 Å². The molecule has 7 heteroatoms. The van der Waals surface area contributed by atoms with Crippen LogP contribution >= 0.6 is 0 Å². The Hall–Kier alpha value is -2.02. The molecule has 0 aliphatic rings. The van der Waals surface area contributed by atoms with Crippen molar-refractivity contribution in [1.29, 1.82) is 0 Å². The third-order valence-corrected chi connectivity index (χ3v) is 4.45. The van der Waals surface area contributed by atoms with Gasteiger partial charge in [-0.25, -0.2) is 4.39 Å². The zero-order chi connectivity index (χ0) is 15.4. The van der Waals surface area contributed by atoms with Crippen molar-refractivity contribution in [3.8, 4) is 0 Å². The van der Waals surface area contributed by atoms with Gasteiger partial charge in [-0.3, -0.25) is 9.00 Å². The van der Waals surface area contributed by atoms with Crippen LogP contribution in [0.1, 0.15) is 18.4 Å². The van der Waals surface area contributed by atoms with Crippen LogP contribution in [0.15, 0.2) is 34.9 Å². The molecule has 2 atom stereocenters. The maximum absolute atomic E-state index is 13.5. The van der Waals surface area contributed by atoms with Gasteiger partial charge in [-0.05, 0) is 26.0 Å². The Morgan fingerprint density at radius 2 is 2.19 bits per heavy atom. The summed E-state index contributed by atoms with van der Waals surface area (Å²) in [7, 11) is -1.47. The van der Waals surface area contributed by atoms with Crippen molar-refractivity contribution in [2.45, 2.75) is 24.9 Å². The monoisotopic (exact) mass is 310 g/mol. The Balaban J connectivity index is 1.98. The quantitative estimate of drug-likeness (QED) is 0.920. The van der Waals surface area contributed by atoms with Crippen LogP contribution in [0.4, 0.5) is 10.1 Å². The summed E-state index contributed by atoms with van der Waals surface area (Å²) in [5.74, 6) is -0.302. The molecule has 0 aliphatic carbocycles. The summed E-state index contributed by atoms with van der Waals surface area (Å²) in [6, 6.07) is 7.50. The largest absolute Gasteiger partial charge is 0.361 e. The predicted octanol–water partition coefficient (Wildman–Crippen LogP) is 2.40. The molecule has 1 N–H and O–H groups in total. The van der Waals surface area contributed by atoms with E-state index in [0.717, 1.165) is 0 Å². The predicted molar refractivity (Wildman–Crippen MR) is 77.6 cm³/mol. The molecule has 5 nitrogen and oxygen atoms in total. The first-order valence-electron chi connectivity index (χ1n) is 6.32. The molecule has 1 aromatic carbocycles. The van der Waals surface area contributed by atoms with Crippen LogP contribution in [0.3, 0.4) is 0 Å². The van der Waals surface area contributed by atoms with Crippen LogP contribution in [0, 0.1) is 12.7 Å². The van der Waals surface area contributed by atoms with Crippen molar-refractivity contribution in [1.82, 2.24) is 5.16 Å². The molecule has 1 aromatic heterocycles. The number of carbonyl (C=O) groups is 1. The highest BCUT2D eigenvalue weighted by Crippen LogP contribution is 2.14. The third kappa shape index (κ3) is 3.98. The molecule has 2 aromatic rings. The Kier molecular flexibility index (Phi) is 4.85. The van der Waals surface area contributed by atoms with Gasteiger partial charge in [0.15, 0.2) is 0 Å². The number of nitrogens with one attached hydrogen (secondary N) is 1. The Labute approximate surface area is 124 Å². The molecule has 0 unspecified atom stereocenters. The number of halogens is 1. The van der Waals surface area contributed by atoms with Crippen molar-refractivity contribution in [2.75, 3.05) is 5.32 Å². The molecule has 21 heavy (non-hydrogen) atoms. The third-order valence-electron chi connectivity index (χ3n) is 2.86. The van der Waals surface area contributed by atoms with E-state index in [9.17, 15) is 13.4 Å². The number of para-hydroxylation sites is 1. The fourth-order valence-corrected chi connectivity index (χ4v) is 2.65. The number of aryl methyl sites for hydroxylation is 1. The summed E-state index contributed by atoms with van der Waals surface area (Å²) >= 11 is 0. The number of aromatic nitrogens is 1. The lowest BCUT2D eigenvalue weighted by Crippen LogP contribution is -2.30. The number of benzene rings is 1. The van der Waals surface area contributed by atoms with Crippen molar-refractivity contribution < 1.29 is 17.9 Å². The molecular weight excluding hydrogens is 295 g/mol. The number of hydrogen-bond donors (Lipinski definition) is 1. The number of anilines is 1. The van der Waals surface area contributed by atoms with Crippen LogP contribution in [-0.2, 0) is 21.3 Å². The van der Waals surface area contributed by atoms with Gasteiger partial charge in [0.2, 0.25) is 5.91 Å². The number of amides is 1. The molecule has 1 heterocycles. The summed E-state index contributed by atoms with van der Waals surface area (Å²) in [6.45, 7) is 3.26. The van der Waals surface area contributed by atoms with Gasteiger partial charge in [0, 0.05) is 16.9 Å². The van der Waals surface area contributed by atoms with E-state index in [0.29, 0.717) is 11.5 Å². The first-order valence-corrected chi connectivity index (χ1v) is 7.70. The molecule has 2 rings (SSSR count). The highest BCUT2D eigenvalue weighted by Gasteiger charge is 2.22. The van der Waals surface area contributed by atoms with Gasteiger partial charge in [0.05, 0.1) is 17.1 Å². The van der Waals surface area contributed by atoms with Gasteiger partial charge in [-0.1, -0.05) is 17.3 Å². The zero-order valence-electron chi connectivity index (χ0n) is 11.6. The maximum Gasteiger partial charge on any atom is 0.239 e. The molecule has 0 saturated heterocycles. The molecule has 0 fully saturated rings. The fraction of sp³-hybridized carbons (Fsp3) is 0.286. The minimum atomic E-state index is -1.47. The van der Waals surface area contributed by atoms with Gasteiger partial charge in [0.1, 0.15) is 16.8 Å². The topological polar surface area (TPSA) is 72.2 Å². The molecule has 0 saturated carbocycles. The van der Waals surface area contributed by atoms with Gasteiger partial charge in [0.25, 0.3) is 0 Å². The van der Waals surface area contributed by atoms with E-state index in [2.05, 4.69) is 10.5 Å². The molecule has 0 spiro atoms. The van der Waals surface area contributed by atoms with Gasteiger partial charge in [-0.15, -0.1) is 0 Å². The van der Waals surface area contributed by atoms with E-state index < -0.39 is 27.8 Å². The lowest BCUT2D eigenvalue weighted by Gasteiger charge is -2.11. The summed E-state index contributed by atoms with van der Waals surface area (Å²) in [5.41, 5.74) is 0.597. The van der Waals surface area contributed by atoms with Gasteiger partial charge >= 0.3 is 0 Å². The van der Waals surface area contributed by atoms with Crippen LogP contribution in [0.2, 0.25) is 0 Å². The fourth-order valence-electron chi connectivity index (χ4n) is 1.67. The SMILES string of the molecule is Cc1cc(C[S@](=O)[C@@H](C)C(=O)Nc2ccccc2F)no1. The number of hydrogen-bond acceptors (Lipinski definition) is 4. The lowest BCUT2D eigenvalue weighted by molar-refractivity contribution is -0.115. The van der Waals surface area contributed by atoms with Crippen LogP contribution in [0.5, 0.6) is 0 Å². The highest BCUT2D eigenvalue weighted by molar-refractivity contribution is 7.85. The van der Waals surface area contributed by atoms with E-state index in [1.807, 2.05) is 0 Å². The lowest BCUT2D eigenvalue weighted by atomic mass is 10.3. The second-order valence-electron chi connectivity index (χ2n) is 4.57. The number of nitrogens with zero attached hydrogens (tertiary/aromatic N) is 1. The van der Waals surface area contributed by atoms with Crippen molar-refractivity contribution in [2.24, 2.45) is 0 Å². The standard InChI is InChI=1S/C14H15FN2O3S/c1-9-7-11(17-20-9)8-21(19)10(2)14(18)16-13-6-4-3-5-12(13)15/h3-7,10H,8H2,1-2H3,(H,16,18)/t10-,21-/m0/s1. The summed E-state index contributed by atoms with van der Waals surface area (Å²) in [6.07, 6.45) is 0. The average Bonchev–Trinajstić information content (AvgIpc) is 2.85. The summed E-state index contributed by atoms with van der Waals surface area (Å²) in [4.78, 5) is 12.0. The van der Waals surface area contributed by atoms with Crippen LogP contribution in [-0.4, -0.2) is 20.5 Å². The van der Waals surface area contributed by atoms with E-state index in [1.54, 1.807) is 19.1 Å². The van der Waals surface area contributed by atoms with E-state index in [1.165, 1.54) is 25.1 Å². The highest BCUT2D eigenvalue weighted by atomic mass is 32.2. The summed E-state index contributed by atoms with van der Waals surface area (Å²) < 4.78 is 30.4. The Morgan fingerprint density at radius 3 is 2.81 bits per heavy atom. The molecule has 1 amide bonds. The van der Waals surface area contributed by atoms with Crippen LogP contribution < -0.4 is 5.32 Å². The second kappa shape index (κ2) is 6.62. The smallest absolute Gasteiger partial charge is 0.239 e. The van der Waals surface area contributed by atoms with Crippen molar-refractivity contribution in [3.05, 3.63) is 47.6 Å². The maximum atomic E-state index is 13.5. The van der Waals surface area contributed by atoms with E-state index >= 15 is 0 Å². The molecule has 112 valence electrons. The molecule has 0 bridgehead atoms. The van der Waals surface area contributed by atoms with E-state index in [4.69, 9.17) is 4.52 Å². The normalized spacial score (nSPS) is 13.7. The molecular formula is C14H15FN2O3S. The Bertz CT molecular complexity index is 672. The number of rotatable bonds is 5. The summed E-state index contributed by atoms with van der Waals surface area (Å²) in [5, 5.41) is 5.38. The first-order chi connectivity index (χ1) is 9.97. The molecule has 0 aliphatic heterocycles. The Morgan fingerprint density at radius 1 is 1.48 bits per heavy atom. The number of carbonyl (C=O) groups excluding carboxylic acids is 1. The second-order valence-corrected chi connectivity index (χ2v) is 6.32. The molecule has 0 radical (unpaired) electrons.